The zero-order chi connectivity index (χ0) is 13.1. The Morgan fingerprint density at radius 3 is 2.72 bits per heavy atom. The first-order valence-corrected chi connectivity index (χ1v) is 7.79. The molecule has 0 N–H and O–H groups in total. The molecular formula is C12H17BrN4S. The predicted octanol–water partition coefficient (Wildman–Crippen LogP) is 3.25. The van der Waals surface area contributed by atoms with Gasteiger partial charge in [-0.25, -0.2) is 0 Å². The van der Waals surface area contributed by atoms with Crippen LogP contribution in [0.4, 0.5) is 0 Å². The SMILES string of the molecule is CCc1nn(CC)c(CSc2cnn(C)c2)c1Br. The van der Waals surface area contributed by atoms with Crippen molar-refractivity contribution in [3.05, 3.63) is 28.3 Å². The number of aromatic nitrogens is 4. The van der Waals surface area contributed by atoms with E-state index in [-0.39, 0.29) is 0 Å². The molecule has 2 aromatic heterocycles. The van der Waals surface area contributed by atoms with Crippen molar-refractivity contribution in [2.24, 2.45) is 7.05 Å². The summed E-state index contributed by atoms with van der Waals surface area (Å²) in [6.07, 6.45) is 4.88. The third kappa shape index (κ3) is 2.80. The first-order chi connectivity index (χ1) is 8.65. The van der Waals surface area contributed by atoms with Gasteiger partial charge in [-0.2, -0.15) is 10.2 Å². The Morgan fingerprint density at radius 1 is 1.39 bits per heavy atom. The minimum absolute atomic E-state index is 0.904. The van der Waals surface area contributed by atoms with Gasteiger partial charge in [0.25, 0.3) is 0 Å². The molecule has 18 heavy (non-hydrogen) atoms. The minimum Gasteiger partial charge on any atom is -0.275 e. The van der Waals surface area contributed by atoms with Gasteiger partial charge in [-0.05, 0) is 29.3 Å². The maximum atomic E-state index is 4.60. The first-order valence-electron chi connectivity index (χ1n) is 6.01. The molecule has 98 valence electrons. The lowest BCUT2D eigenvalue weighted by atomic mass is 10.3. The average molecular weight is 329 g/mol. The summed E-state index contributed by atoms with van der Waals surface area (Å²) in [5.74, 6) is 0.910. The van der Waals surface area contributed by atoms with Gasteiger partial charge in [0.15, 0.2) is 0 Å². The Morgan fingerprint density at radius 2 is 2.17 bits per heavy atom. The van der Waals surface area contributed by atoms with E-state index >= 15 is 0 Å². The minimum atomic E-state index is 0.904. The predicted molar refractivity (Wildman–Crippen MR) is 77.7 cm³/mol. The molecule has 0 aromatic carbocycles. The monoisotopic (exact) mass is 328 g/mol. The van der Waals surface area contributed by atoms with Gasteiger partial charge in [0, 0.05) is 30.4 Å². The molecule has 0 unspecified atom stereocenters. The van der Waals surface area contributed by atoms with Crippen molar-refractivity contribution in [1.29, 1.82) is 0 Å². The smallest absolute Gasteiger partial charge is 0.0767 e. The number of hydrogen-bond donors (Lipinski definition) is 0. The molecule has 2 heterocycles. The van der Waals surface area contributed by atoms with Crippen LogP contribution >= 0.6 is 27.7 Å². The van der Waals surface area contributed by atoms with Crippen molar-refractivity contribution in [3.63, 3.8) is 0 Å². The molecule has 0 aliphatic heterocycles. The zero-order valence-electron chi connectivity index (χ0n) is 10.9. The first kappa shape index (κ1) is 13.7. The van der Waals surface area contributed by atoms with Crippen molar-refractivity contribution >= 4 is 27.7 Å². The van der Waals surface area contributed by atoms with Crippen molar-refractivity contribution < 1.29 is 0 Å². The van der Waals surface area contributed by atoms with E-state index in [1.165, 1.54) is 10.6 Å². The van der Waals surface area contributed by atoms with Crippen molar-refractivity contribution in [1.82, 2.24) is 19.6 Å². The largest absolute Gasteiger partial charge is 0.275 e. The summed E-state index contributed by atoms with van der Waals surface area (Å²) in [4.78, 5) is 1.19. The van der Waals surface area contributed by atoms with Crippen LogP contribution < -0.4 is 0 Å². The van der Waals surface area contributed by atoms with Gasteiger partial charge >= 0.3 is 0 Å². The highest BCUT2D eigenvalue weighted by Crippen LogP contribution is 2.29. The van der Waals surface area contributed by atoms with Crippen LogP contribution in [0.15, 0.2) is 21.8 Å². The lowest BCUT2D eigenvalue weighted by Gasteiger charge is -2.04. The van der Waals surface area contributed by atoms with Gasteiger partial charge < -0.3 is 0 Å². The van der Waals surface area contributed by atoms with E-state index in [0.29, 0.717) is 0 Å². The molecule has 0 amide bonds. The lowest BCUT2D eigenvalue weighted by Crippen LogP contribution is -2.01. The van der Waals surface area contributed by atoms with Crippen molar-refractivity contribution in [3.8, 4) is 0 Å². The molecule has 4 nitrogen and oxygen atoms in total. The Hall–Kier alpha value is -0.750. The van der Waals surface area contributed by atoms with Crippen LogP contribution in [0, 0.1) is 0 Å². The molecule has 0 aliphatic rings. The fourth-order valence-electron chi connectivity index (χ4n) is 1.78. The van der Waals surface area contributed by atoms with Gasteiger partial charge in [-0.15, -0.1) is 11.8 Å². The highest BCUT2D eigenvalue weighted by molar-refractivity contribution is 9.10. The van der Waals surface area contributed by atoms with Crippen LogP contribution in [-0.2, 0) is 25.8 Å². The van der Waals surface area contributed by atoms with Crippen molar-refractivity contribution in [2.75, 3.05) is 0 Å². The molecule has 0 radical (unpaired) electrons. The van der Waals surface area contributed by atoms with E-state index in [2.05, 4.69) is 44.7 Å². The van der Waals surface area contributed by atoms with Gasteiger partial charge in [0.2, 0.25) is 0 Å². The number of hydrogen-bond acceptors (Lipinski definition) is 3. The second-order valence-corrected chi connectivity index (χ2v) is 5.86. The van der Waals surface area contributed by atoms with Crippen LogP contribution in [0.1, 0.15) is 25.2 Å². The quantitative estimate of drug-likeness (QED) is 0.790. The Bertz CT molecular complexity index is 532. The van der Waals surface area contributed by atoms with Gasteiger partial charge in [-0.1, -0.05) is 6.92 Å². The average Bonchev–Trinajstić information content (AvgIpc) is 2.91. The fourth-order valence-corrected chi connectivity index (χ4v) is 3.62. The maximum absolute atomic E-state index is 4.60. The molecule has 0 saturated carbocycles. The maximum Gasteiger partial charge on any atom is 0.0767 e. The summed E-state index contributed by atoms with van der Waals surface area (Å²) < 4.78 is 5.06. The van der Waals surface area contributed by atoms with Gasteiger partial charge in [0.1, 0.15) is 0 Å². The zero-order valence-corrected chi connectivity index (χ0v) is 13.3. The van der Waals surface area contributed by atoms with Crippen molar-refractivity contribution in [2.45, 2.75) is 37.5 Å². The second-order valence-electron chi connectivity index (χ2n) is 4.02. The molecule has 2 aromatic rings. The standard InChI is InChI=1S/C12H17BrN4S/c1-4-10-12(13)11(17(5-2)15-10)8-18-9-6-14-16(3)7-9/h6-7H,4-5,8H2,1-3H3. The molecule has 2 rings (SSSR count). The normalized spacial score (nSPS) is 11.1. The van der Waals surface area contributed by atoms with Crippen LogP contribution in [0.2, 0.25) is 0 Å². The van der Waals surface area contributed by atoms with Crippen LogP contribution in [0.3, 0.4) is 0 Å². The molecule has 0 bridgehead atoms. The Labute approximate surface area is 120 Å². The highest BCUT2D eigenvalue weighted by Gasteiger charge is 2.14. The van der Waals surface area contributed by atoms with Gasteiger partial charge in [0.05, 0.1) is 22.1 Å². The molecule has 0 saturated heterocycles. The van der Waals surface area contributed by atoms with Crippen LogP contribution in [0.5, 0.6) is 0 Å². The highest BCUT2D eigenvalue weighted by atomic mass is 79.9. The summed E-state index contributed by atoms with van der Waals surface area (Å²) in [6.45, 7) is 5.16. The Kier molecular flexibility index (Phi) is 4.50. The molecule has 0 aliphatic carbocycles. The second kappa shape index (κ2) is 5.93. The Balaban J connectivity index is 2.15. The molecule has 0 spiro atoms. The lowest BCUT2D eigenvalue weighted by molar-refractivity contribution is 0.627. The van der Waals surface area contributed by atoms with E-state index in [1.807, 2.05) is 24.1 Å². The summed E-state index contributed by atoms with van der Waals surface area (Å²) in [6, 6.07) is 0. The summed E-state index contributed by atoms with van der Waals surface area (Å²) in [5, 5.41) is 8.78. The summed E-state index contributed by atoms with van der Waals surface area (Å²) in [7, 11) is 1.94. The van der Waals surface area contributed by atoms with E-state index in [4.69, 9.17) is 0 Å². The number of aryl methyl sites for hydroxylation is 3. The number of rotatable bonds is 5. The van der Waals surface area contributed by atoms with E-state index in [1.54, 1.807) is 11.8 Å². The van der Waals surface area contributed by atoms with E-state index in [0.717, 1.165) is 28.9 Å². The van der Waals surface area contributed by atoms with E-state index < -0.39 is 0 Å². The third-order valence-corrected chi connectivity index (χ3v) is 4.63. The van der Waals surface area contributed by atoms with Crippen LogP contribution in [0.25, 0.3) is 0 Å². The van der Waals surface area contributed by atoms with Gasteiger partial charge in [-0.3, -0.25) is 9.36 Å². The number of halogens is 1. The molecular weight excluding hydrogens is 312 g/mol. The molecule has 0 fully saturated rings. The third-order valence-electron chi connectivity index (χ3n) is 2.75. The molecule has 0 atom stereocenters. The number of nitrogens with zero attached hydrogens (tertiary/aromatic N) is 4. The topological polar surface area (TPSA) is 35.6 Å². The fraction of sp³-hybridized carbons (Fsp3) is 0.500. The summed E-state index contributed by atoms with van der Waals surface area (Å²) in [5.41, 5.74) is 2.39. The van der Waals surface area contributed by atoms with E-state index in [9.17, 15) is 0 Å². The number of thioether (sulfide) groups is 1. The van der Waals surface area contributed by atoms with Crippen LogP contribution in [-0.4, -0.2) is 19.6 Å². The summed E-state index contributed by atoms with van der Waals surface area (Å²) >= 11 is 5.45. The molecule has 6 heteroatoms.